The maximum absolute atomic E-state index is 6.61. The van der Waals surface area contributed by atoms with Crippen LogP contribution in [0.25, 0.3) is 0 Å². The van der Waals surface area contributed by atoms with Gasteiger partial charge in [0.1, 0.15) is 0 Å². The molecule has 0 aromatic rings. The summed E-state index contributed by atoms with van der Waals surface area (Å²) in [5, 5.41) is 0. The molecule has 3 nitrogen and oxygen atoms in total. The molecule has 0 N–H and O–H groups in total. The molecule has 5 saturated heterocycles. The van der Waals surface area contributed by atoms with Crippen LogP contribution in [0.15, 0.2) is 0 Å². The number of hydrogen-bond acceptors (Lipinski definition) is 3. The highest BCUT2D eigenvalue weighted by Gasteiger charge is 2.75. The minimum Gasteiger partial charge on any atom is -0.374 e. The Morgan fingerprint density at radius 3 is 2.14 bits per heavy atom. The molecular weight excluding hydrogens is 264 g/mol. The van der Waals surface area contributed by atoms with Gasteiger partial charge in [0, 0.05) is 23.7 Å². The molecule has 6 aliphatic rings. The van der Waals surface area contributed by atoms with Crippen molar-refractivity contribution in [3.8, 4) is 0 Å². The lowest BCUT2D eigenvalue weighted by atomic mass is 9.57. The molecule has 0 aromatic heterocycles. The molecule has 116 valence electrons. The van der Waals surface area contributed by atoms with E-state index in [0.29, 0.717) is 59.9 Å². The summed E-state index contributed by atoms with van der Waals surface area (Å²) >= 11 is 0. The average Bonchev–Trinajstić information content (AvgIpc) is 3.26. The summed E-state index contributed by atoms with van der Waals surface area (Å²) in [6.45, 7) is 5.74. The van der Waals surface area contributed by atoms with E-state index >= 15 is 0 Å². The molecule has 0 amide bonds. The van der Waals surface area contributed by atoms with Gasteiger partial charge in [0.25, 0.3) is 0 Å². The zero-order chi connectivity index (χ0) is 13.9. The Morgan fingerprint density at radius 1 is 0.810 bits per heavy atom. The number of fused-ring (bicyclic) bond motifs is 13. The predicted molar refractivity (Wildman–Crippen MR) is 76.8 cm³/mol. The SMILES string of the molecule is CC1C(C)C2OC1C1C3OC(C21)C1C3COC12CCCC2. The summed E-state index contributed by atoms with van der Waals surface area (Å²) < 4.78 is 19.5. The minimum atomic E-state index is 0.186. The van der Waals surface area contributed by atoms with Crippen molar-refractivity contribution in [3.05, 3.63) is 0 Å². The summed E-state index contributed by atoms with van der Waals surface area (Å²) in [6, 6.07) is 0. The van der Waals surface area contributed by atoms with E-state index in [1.54, 1.807) is 0 Å². The zero-order valence-electron chi connectivity index (χ0n) is 13.0. The maximum atomic E-state index is 6.61. The molecule has 10 unspecified atom stereocenters. The van der Waals surface area contributed by atoms with E-state index in [1.807, 2.05) is 0 Å². The Kier molecular flexibility index (Phi) is 2.16. The molecule has 1 spiro atoms. The van der Waals surface area contributed by atoms with Gasteiger partial charge < -0.3 is 14.2 Å². The summed E-state index contributed by atoms with van der Waals surface area (Å²) in [4.78, 5) is 0. The molecule has 6 rings (SSSR count). The van der Waals surface area contributed by atoms with Crippen LogP contribution in [0.3, 0.4) is 0 Å². The predicted octanol–water partition coefficient (Wildman–Crippen LogP) is 2.63. The van der Waals surface area contributed by atoms with Crippen molar-refractivity contribution in [2.45, 2.75) is 69.5 Å². The van der Waals surface area contributed by atoms with Crippen molar-refractivity contribution in [1.82, 2.24) is 0 Å². The molecule has 5 heterocycles. The zero-order valence-corrected chi connectivity index (χ0v) is 13.0. The summed E-state index contributed by atoms with van der Waals surface area (Å²) in [7, 11) is 0. The van der Waals surface area contributed by atoms with Gasteiger partial charge in [0.15, 0.2) is 0 Å². The van der Waals surface area contributed by atoms with Crippen molar-refractivity contribution in [2.24, 2.45) is 35.5 Å². The van der Waals surface area contributed by atoms with Crippen LogP contribution >= 0.6 is 0 Å². The molecule has 5 aliphatic heterocycles. The topological polar surface area (TPSA) is 27.7 Å². The van der Waals surface area contributed by atoms with Gasteiger partial charge in [-0.15, -0.1) is 0 Å². The smallest absolute Gasteiger partial charge is 0.0740 e. The Labute approximate surface area is 126 Å². The summed E-state index contributed by atoms with van der Waals surface area (Å²) in [5.74, 6) is 4.11. The van der Waals surface area contributed by atoms with Gasteiger partial charge in [-0.2, -0.15) is 0 Å². The lowest BCUT2D eigenvalue weighted by Crippen LogP contribution is -2.52. The van der Waals surface area contributed by atoms with Gasteiger partial charge in [-0.25, -0.2) is 0 Å². The third-order valence-electron chi connectivity index (χ3n) is 8.31. The Morgan fingerprint density at radius 2 is 1.43 bits per heavy atom. The van der Waals surface area contributed by atoms with Crippen molar-refractivity contribution in [2.75, 3.05) is 6.61 Å². The monoisotopic (exact) mass is 290 g/mol. The molecule has 1 saturated carbocycles. The third kappa shape index (κ3) is 1.20. The molecule has 1 aliphatic carbocycles. The fraction of sp³-hybridized carbons (Fsp3) is 1.00. The van der Waals surface area contributed by atoms with Crippen LogP contribution in [-0.4, -0.2) is 36.6 Å². The Bertz CT molecular complexity index is 485. The quantitative estimate of drug-likeness (QED) is 0.686. The molecule has 3 heteroatoms. The molecular formula is C18H26O3. The fourth-order valence-corrected chi connectivity index (χ4v) is 7.38. The van der Waals surface area contributed by atoms with E-state index in [2.05, 4.69) is 13.8 Å². The Balaban J connectivity index is 1.40. The van der Waals surface area contributed by atoms with Crippen LogP contribution in [-0.2, 0) is 14.2 Å². The number of hydrogen-bond donors (Lipinski definition) is 0. The van der Waals surface area contributed by atoms with Gasteiger partial charge in [-0.05, 0) is 24.7 Å². The van der Waals surface area contributed by atoms with E-state index in [9.17, 15) is 0 Å². The maximum Gasteiger partial charge on any atom is 0.0740 e. The molecule has 10 atom stereocenters. The third-order valence-corrected chi connectivity index (χ3v) is 8.31. The van der Waals surface area contributed by atoms with E-state index in [-0.39, 0.29) is 5.60 Å². The van der Waals surface area contributed by atoms with Crippen LogP contribution in [0.5, 0.6) is 0 Å². The normalized spacial score (nSPS) is 65.4. The van der Waals surface area contributed by atoms with Crippen LogP contribution in [0.2, 0.25) is 0 Å². The number of rotatable bonds is 0. The molecule has 0 aromatic carbocycles. The van der Waals surface area contributed by atoms with Gasteiger partial charge in [0.2, 0.25) is 0 Å². The first-order chi connectivity index (χ1) is 10.2. The largest absolute Gasteiger partial charge is 0.374 e. The van der Waals surface area contributed by atoms with E-state index in [0.717, 1.165) is 6.61 Å². The second-order valence-electron chi connectivity index (χ2n) is 8.78. The van der Waals surface area contributed by atoms with E-state index in [1.165, 1.54) is 25.7 Å². The average molecular weight is 290 g/mol. The van der Waals surface area contributed by atoms with Crippen LogP contribution < -0.4 is 0 Å². The molecule has 4 bridgehead atoms. The van der Waals surface area contributed by atoms with Gasteiger partial charge in [0.05, 0.1) is 36.6 Å². The van der Waals surface area contributed by atoms with Crippen molar-refractivity contribution in [1.29, 1.82) is 0 Å². The summed E-state index contributed by atoms with van der Waals surface area (Å²) in [5.41, 5.74) is 0.186. The van der Waals surface area contributed by atoms with E-state index in [4.69, 9.17) is 14.2 Å². The minimum absolute atomic E-state index is 0.186. The highest BCUT2D eigenvalue weighted by atomic mass is 16.6. The van der Waals surface area contributed by atoms with Gasteiger partial charge in [-0.1, -0.05) is 26.7 Å². The van der Waals surface area contributed by atoms with Crippen LogP contribution in [0, 0.1) is 35.5 Å². The van der Waals surface area contributed by atoms with Crippen LogP contribution in [0.4, 0.5) is 0 Å². The lowest BCUT2D eigenvalue weighted by molar-refractivity contribution is -0.0762. The van der Waals surface area contributed by atoms with Gasteiger partial charge in [-0.3, -0.25) is 0 Å². The van der Waals surface area contributed by atoms with Crippen molar-refractivity contribution >= 4 is 0 Å². The molecule has 6 fully saturated rings. The fourth-order valence-electron chi connectivity index (χ4n) is 7.38. The highest BCUT2D eigenvalue weighted by Crippen LogP contribution is 2.67. The molecule has 0 radical (unpaired) electrons. The van der Waals surface area contributed by atoms with Crippen LogP contribution in [0.1, 0.15) is 39.5 Å². The second kappa shape index (κ2) is 3.68. The first kappa shape index (κ1) is 12.3. The van der Waals surface area contributed by atoms with Gasteiger partial charge >= 0.3 is 0 Å². The summed E-state index contributed by atoms with van der Waals surface area (Å²) in [6.07, 6.45) is 7.06. The number of ether oxygens (including phenoxy) is 3. The van der Waals surface area contributed by atoms with Crippen molar-refractivity contribution < 1.29 is 14.2 Å². The molecule has 21 heavy (non-hydrogen) atoms. The van der Waals surface area contributed by atoms with Crippen molar-refractivity contribution in [3.63, 3.8) is 0 Å². The second-order valence-corrected chi connectivity index (χ2v) is 8.78. The highest BCUT2D eigenvalue weighted by molar-refractivity contribution is 5.21. The van der Waals surface area contributed by atoms with E-state index < -0.39 is 0 Å². The first-order valence-electron chi connectivity index (χ1n) is 9.16. The standard InChI is InChI=1S/C18H26O3/c1-8-9(2)15-12-11(14(8)20-15)16-10-7-19-18(5-3-4-6-18)13(10)17(12)21-16/h8-17H,3-7H2,1-2H3. The Hall–Kier alpha value is -0.120. The first-order valence-corrected chi connectivity index (χ1v) is 9.16. The lowest BCUT2D eigenvalue weighted by Gasteiger charge is -2.42.